The molecule has 1 aromatic rings. The lowest BCUT2D eigenvalue weighted by Crippen LogP contribution is -2.63. The summed E-state index contributed by atoms with van der Waals surface area (Å²) in [5.41, 5.74) is 3.94. The number of hydrogen-bond acceptors (Lipinski definition) is 3. The molecule has 1 aromatic carbocycles. The minimum absolute atomic E-state index is 0.125. The Bertz CT molecular complexity index is 662. The van der Waals surface area contributed by atoms with Gasteiger partial charge in [-0.25, -0.2) is 14.8 Å². The van der Waals surface area contributed by atoms with E-state index in [0.29, 0.717) is 11.0 Å². The van der Waals surface area contributed by atoms with E-state index in [-0.39, 0.29) is 11.8 Å². The van der Waals surface area contributed by atoms with E-state index >= 15 is 0 Å². The Balaban J connectivity index is 2.04. The van der Waals surface area contributed by atoms with Crippen molar-refractivity contribution in [2.24, 2.45) is 5.92 Å². The second-order valence-electron chi connectivity index (χ2n) is 9.56. The van der Waals surface area contributed by atoms with Gasteiger partial charge in [0.15, 0.2) is 0 Å². The maximum Gasteiger partial charge on any atom is 0.408 e. The Hall–Kier alpha value is -2.08. The average Bonchev–Trinajstić information content (AvgIpc) is 3.07. The summed E-state index contributed by atoms with van der Waals surface area (Å²) in [6.07, 6.45) is 3.14. The summed E-state index contributed by atoms with van der Waals surface area (Å²) in [6, 6.07) is 9.76. The largest absolute Gasteiger partial charge is 0.444 e. The predicted octanol–water partition coefficient (Wildman–Crippen LogP) is 3.81. The van der Waals surface area contributed by atoms with E-state index in [9.17, 15) is 9.59 Å². The number of ether oxygens (including phenoxy) is 1. The van der Waals surface area contributed by atoms with Crippen molar-refractivity contribution in [1.82, 2.24) is 10.7 Å². The zero-order valence-corrected chi connectivity index (χ0v) is 18.7. The lowest BCUT2D eigenvalue weighted by atomic mass is 10.0. The molecule has 0 aliphatic carbocycles. The highest BCUT2D eigenvalue weighted by Gasteiger charge is 2.37. The topological polar surface area (TPSA) is 67.4 Å². The molecule has 1 aliphatic rings. The van der Waals surface area contributed by atoms with Crippen molar-refractivity contribution in [1.29, 1.82) is 0 Å². The molecule has 0 saturated carbocycles. The lowest BCUT2D eigenvalue weighted by Gasteiger charge is -2.35. The molecule has 0 unspecified atom stereocenters. The summed E-state index contributed by atoms with van der Waals surface area (Å²) in [4.78, 5) is 25.4. The first-order valence-electron chi connectivity index (χ1n) is 10.8. The van der Waals surface area contributed by atoms with E-state index in [1.54, 1.807) is 0 Å². The van der Waals surface area contributed by atoms with Gasteiger partial charge in [-0.05, 0) is 38.7 Å². The first-order valence-corrected chi connectivity index (χ1v) is 10.8. The third-order valence-corrected chi connectivity index (χ3v) is 5.16. The van der Waals surface area contributed by atoms with Gasteiger partial charge in [0, 0.05) is 19.3 Å². The number of amides is 2. The van der Waals surface area contributed by atoms with Gasteiger partial charge < -0.3 is 10.1 Å². The second kappa shape index (κ2) is 10.1. The Kier molecular flexibility index (Phi) is 8.08. The van der Waals surface area contributed by atoms with Crippen LogP contribution in [0.15, 0.2) is 30.3 Å². The molecular formula is C23H38N3O3+. The first kappa shape index (κ1) is 23.2. The minimum atomic E-state index is -0.600. The third-order valence-electron chi connectivity index (χ3n) is 5.16. The van der Waals surface area contributed by atoms with Crippen molar-refractivity contribution in [3.63, 3.8) is 0 Å². The SMILES string of the molecule is CC(C)C[C@H](NC(=O)OC(C)(C)C)C(=O)N[N+]1(CCc2ccccc2)CCCC1. The molecule has 2 rings (SSSR count). The molecule has 0 aromatic heterocycles. The number of carbonyl (C=O) groups is 2. The molecule has 1 atom stereocenters. The highest BCUT2D eigenvalue weighted by molar-refractivity contribution is 5.84. The van der Waals surface area contributed by atoms with E-state index in [1.807, 2.05) is 52.8 Å². The number of quaternary nitrogens is 1. The summed E-state index contributed by atoms with van der Waals surface area (Å²) in [5.74, 6) is 0.150. The maximum absolute atomic E-state index is 13.2. The Morgan fingerprint density at radius 3 is 2.28 bits per heavy atom. The normalized spacial score (nSPS) is 17.0. The highest BCUT2D eigenvalue weighted by Crippen LogP contribution is 2.19. The molecule has 6 heteroatoms. The molecular weight excluding hydrogens is 366 g/mol. The fourth-order valence-electron chi connectivity index (χ4n) is 3.78. The van der Waals surface area contributed by atoms with Crippen molar-refractivity contribution in [3.8, 4) is 0 Å². The van der Waals surface area contributed by atoms with Gasteiger partial charge in [-0.2, -0.15) is 0 Å². The van der Waals surface area contributed by atoms with E-state index in [4.69, 9.17) is 4.74 Å². The molecule has 2 amide bonds. The zero-order chi connectivity index (χ0) is 21.5. The quantitative estimate of drug-likeness (QED) is 0.648. The molecule has 0 bridgehead atoms. The lowest BCUT2D eigenvalue weighted by molar-refractivity contribution is -0.950. The molecule has 2 N–H and O–H groups in total. The number of hydrogen-bond donors (Lipinski definition) is 2. The molecule has 1 aliphatic heterocycles. The minimum Gasteiger partial charge on any atom is -0.444 e. The van der Waals surface area contributed by atoms with Gasteiger partial charge in [0.25, 0.3) is 5.91 Å². The van der Waals surface area contributed by atoms with Crippen LogP contribution in [0.3, 0.4) is 0 Å². The van der Waals surface area contributed by atoms with Crippen molar-refractivity contribution in [3.05, 3.63) is 35.9 Å². The number of likely N-dealkylation sites (tertiary alicyclic amines) is 1. The number of nitrogens with zero attached hydrogens (tertiary/aromatic N) is 1. The van der Waals surface area contributed by atoms with Crippen LogP contribution in [0.5, 0.6) is 0 Å². The van der Waals surface area contributed by atoms with Gasteiger partial charge in [0.2, 0.25) is 0 Å². The van der Waals surface area contributed by atoms with Crippen molar-refractivity contribution >= 4 is 12.0 Å². The fourth-order valence-corrected chi connectivity index (χ4v) is 3.78. The fraction of sp³-hybridized carbons (Fsp3) is 0.652. The predicted molar refractivity (Wildman–Crippen MR) is 115 cm³/mol. The molecule has 1 fully saturated rings. The van der Waals surface area contributed by atoms with E-state index in [0.717, 1.165) is 38.9 Å². The molecule has 29 heavy (non-hydrogen) atoms. The molecule has 6 nitrogen and oxygen atoms in total. The van der Waals surface area contributed by atoms with E-state index < -0.39 is 17.7 Å². The number of rotatable bonds is 8. The zero-order valence-electron chi connectivity index (χ0n) is 18.7. The summed E-state index contributed by atoms with van der Waals surface area (Å²) in [7, 11) is 0. The standard InChI is InChI=1S/C23H37N3O3/c1-18(2)17-20(24-22(28)29-23(3,4)5)21(27)25-26(14-9-10-15-26)16-13-19-11-7-6-8-12-19/h6-8,11-12,18,20H,9-10,13-17H2,1-5H3,(H-,24,25,27,28)/p+1/t20-/m0/s1. The van der Waals surface area contributed by atoms with Crippen LogP contribution in [0.1, 0.15) is 59.4 Å². The number of benzene rings is 1. The van der Waals surface area contributed by atoms with Crippen LogP contribution in [0.4, 0.5) is 4.79 Å². The van der Waals surface area contributed by atoms with Gasteiger partial charge in [-0.3, -0.25) is 4.79 Å². The summed E-state index contributed by atoms with van der Waals surface area (Å²) in [6.45, 7) is 12.3. The summed E-state index contributed by atoms with van der Waals surface area (Å²) in [5, 5.41) is 2.79. The van der Waals surface area contributed by atoms with Crippen LogP contribution in [0, 0.1) is 5.92 Å². The van der Waals surface area contributed by atoms with Crippen LogP contribution in [0.25, 0.3) is 0 Å². The third kappa shape index (κ3) is 8.05. The molecule has 0 spiro atoms. The summed E-state index contributed by atoms with van der Waals surface area (Å²) < 4.78 is 5.95. The van der Waals surface area contributed by atoms with Gasteiger partial charge in [-0.15, -0.1) is 0 Å². The Morgan fingerprint density at radius 1 is 1.10 bits per heavy atom. The highest BCUT2D eigenvalue weighted by atomic mass is 16.6. The van der Waals surface area contributed by atoms with Crippen LogP contribution in [-0.2, 0) is 16.0 Å². The Labute approximate surface area is 175 Å². The monoisotopic (exact) mass is 404 g/mol. The molecule has 1 heterocycles. The molecule has 1 saturated heterocycles. The number of nitrogens with one attached hydrogen (secondary N) is 2. The van der Waals surface area contributed by atoms with Gasteiger partial charge in [-0.1, -0.05) is 44.2 Å². The van der Waals surface area contributed by atoms with Crippen LogP contribution >= 0.6 is 0 Å². The van der Waals surface area contributed by atoms with Crippen molar-refractivity contribution in [2.75, 3.05) is 19.6 Å². The molecule has 162 valence electrons. The average molecular weight is 405 g/mol. The van der Waals surface area contributed by atoms with Crippen LogP contribution < -0.4 is 10.7 Å². The maximum atomic E-state index is 13.2. The van der Waals surface area contributed by atoms with Gasteiger partial charge >= 0.3 is 6.09 Å². The van der Waals surface area contributed by atoms with Crippen molar-refractivity contribution in [2.45, 2.75) is 71.9 Å². The van der Waals surface area contributed by atoms with Gasteiger partial charge in [0.05, 0.1) is 0 Å². The molecule has 0 radical (unpaired) electrons. The number of carbonyl (C=O) groups excluding carboxylic acids is 2. The van der Waals surface area contributed by atoms with E-state index in [2.05, 4.69) is 22.9 Å². The second-order valence-corrected chi connectivity index (χ2v) is 9.56. The summed E-state index contributed by atoms with van der Waals surface area (Å²) >= 11 is 0. The van der Waals surface area contributed by atoms with Crippen molar-refractivity contribution < 1.29 is 18.9 Å². The first-order chi connectivity index (χ1) is 13.6. The number of alkyl carbamates (subject to hydrolysis) is 1. The Morgan fingerprint density at radius 2 is 1.72 bits per heavy atom. The van der Waals surface area contributed by atoms with Crippen LogP contribution in [0.2, 0.25) is 0 Å². The smallest absolute Gasteiger partial charge is 0.408 e. The van der Waals surface area contributed by atoms with E-state index in [1.165, 1.54) is 5.56 Å². The van der Waals surface area contributed by atoms with Gasteiger partial charge in [0.1, 0.15) is 31.3 Å². The van der Waals surface area contributed by atoms with Crippen LogP contribution in [-0.4, -0.2) is 47.9 Å².